The lowest BCUT2D eigenvalue weighted by Gasteiger charge is -2.59. The second-order valence-corrected chi connectivity index (χ2v) is 15.2. The van der Waals surface area contributed by atoms with Gasteiger partial charge in [0.25, 0.3) is 0 Å². The van der Waals surface area contributed by atoms with Gasteiger partial charge in [-0.3, -0.25) is 14.4 Å². The molecule has 4 atom stereocenters. The van der Waals surface area contributed by atoms with E-state index >= 15 is 0 Å². The first-order valence-corrected chi connectivity index (χ1v) is 15.4. The van der Waals surface area contributed by atoms with E-state index < -0.39 is 56.8 Å². The molecule has 44 heavy (non-hydrogen) atoms. The van der Waals surface area contributed by atoms with Gasteiger partial charge in [0.05, 0.1) is 5.56 Å². The van der Waals surface area contributed by atoms with Gasteiger partial charge in [-0.15, -0.1) is 0 Å². The normalized spacial score (nSPS) is 28.6. The van der Waals surface area contributed by atoms with Crippen LogP contribution >= 0.6 is 0 Å². The molecule has 5 rings (SSSR count). The quantitative estimate of drug-likeness (QED) is 0.272. The lowest BCUT2D eigenvalue weighted by molar-refractivity contribution is -0.171. The summed E-state index contributed by atoms with van der Waals surface area (Å²) in [5.41, 5.74) is -2.11. The number of aliphatic hydroxyl groups excluding tert-OH is 2. The summed E-state index contributed by atoms with van der Waals surface area (Å²) in [6.45, 7) is 14.9. The fourth-order valence-electron chi connectivity index (χ4n) is 8.37. The van der Waals surface area contributed by atoms with Crippen molar-refractivity contribution in [3.05, 3.63) is 75.8 Å². The number of rotatable bonds is 5. The number of carbonyl (C=O) groups excluding carboxylic acids is 3. The van der Waals surface area contributed by atoms with E-state index in [1.165, 1.54) is 11.6 Å². The number of phenols is 1. The Hall–Kier alpha value is -3.71. The molecule has 0 saturated heterocycles. The molecular weight excluding hydrogens is 556 g/mol. The van der Waals surface area contributed by atoms with Crippen molar-refractivity contribution in [2.75, 3.05) is 0 Å². The van der Waals surface area contributed by atoms with Gasteiger partial charge in [-0.1, -0.05) is 78.8 Å². The van der Waals surface area contributed by atoms with Crippen LogP contribution in [-0.2, 0) is 22.4 Å². The molecule has 0 radical (unpaired) electrons. The molecule has 0 saturated carbocycles. The van der Waals surface area contributed by atoms with E-state index in [0.717, 1.165) is 30.9 Å². The van der Waals surface area contributed by atoms with Crippen LogP contribution in [-0.4, -0.2) is 43.4 Å². The Morgan fingerprint density at radius 2 is 1.61 bits per heavy atom. The van der Waals surface area contributed by atoms with Gasteiger partial charge in [0.15, 0.2) is 17.2 Å². The van der Waals surface area contributed by atoms with E-state index in [1.807, 2.05) is 32.9 Å². The van der Waals surface area contributed by atoms with E-state index in [1.54, 1.807) is 13.0 Å². The number of aromatic hydroxyl groups is 1. The summed E-state index contributed by atoms with van der Waals surface area (Å²) in [7, 11) is 0. The standard InChI is InChI=1S/C37H44O7/c1-19(2)28-30(40)26(20(3)38)32(42)37(44)33(43)29-31(41)27-24(17-35(29,7)18-36(28,37)8)23(13-14-25(27)39)22-11-9-21(10-12-22)15-16-34(4,5)6/h9-14,19,28,39-40,43-44H,15-18H2,1-8H3/t28?,35-,36-,37+/m1/s1. The number of Topliss-reactive ketones (excluding diaryl/α,β-unsaturated/α-hetero) is 3. The smallest absolute Gasteiger partial charge is 0.209 e. The minimum Gasteiger partial charge on any atom is -0.511 e. The van der Waals surface area contributed by atoms with Crippen molar-refractivity contribution in [2.24, 2.45) is 28.1 Å². The summed E-state index contributed by atoms with van der Waals surface area (Å²) >= 11 is 0. The predicted molar refractivity (Wildman–Crippen MR) is 168 cm³/mol. The molecule has 1 unspecified atom stereocenters. The van der Waals surface area contributed by atoms with Crippen LogP contribution in [0.2, 0.25) is 0 Å². The minimum absolute atomic E-state index is 0.0272. The van der Waals surface area contributed by atoms with Gasteiger partial charge in [-0.25, -0.2) is 0 Å². The molecule has 0 aromatic heterocycles. The van der Waals surface area contributed by atoms with Gasteiger partial charge >= 0.3 is 0 Å². The lowest BCUT2D eigenvalue weighted by Crippen LogP contribution is -2.67. The number of hydrogen-bond acceptors (Lipinski definition) is 7. The number of carbonyl (C=O) groups is 3. The number of ketones is 3. The Labute approximate surface area is 259 Å². The maximum atomic E-state index is 14.3. The number of hydrogen-bond donors (Lipinski definition) is 4. The van der Waals surface area contributed by atoms with Crippen molar-refractivity contribution in [2.45, 2.75) is 86.7 Å². The summed E-state index contributed by atoms with van der Waals surface area (Å²) in [5.74, 6) is -5.14. The molecule has 234 valence electrons. The van der Waals surface area contributed by atoms with Crippen LogP contribution < -0.4 is 0 Å². The van der Waals surface area contributed by atoms with Gasteiger partial charge in [-0.2, -0.15) is 0 Å². The van der Waals surface area contributed by atoms with Gasteiger partial charge in [0.1, 0.15) is 22.8 Å². The number of allylic oxidation sites excluding steroid dienone is 2. The van der Waals surface area contributed by atoms with Crippen LogP contribution in [0.4, 0.5) is 0 Å². The molecule has 7 nitrogen and oxygen atoms in total. The second kappa shape index (κ2) is 10.2. The number of aliphatic hydroxyl groups is 3. The van der Waals surface area contributed by atoms with E-state index in [2.05, 4.69) is 32.9 Å². The van der Waals surface area contributed by atoms with Gasteiger partial charge in [0, 0.05) is 22.3 Å². The lowest BCUT2D eigenvalue weighted by atomic mass is 9.44. The monoisotopic (exact) mass is 600 g/mol. The first-order valence-electron chi connectivity index (χ1n) is 15.4. The Bertz CT molecular complexity index is 1650. The van der Waals surface area contributed by atoms with Gasteiger partial charge < -0.3 is 20.4 Å². The molecule has 0 fully saturated rings. The van der Waals surface area contributed by atoms with E-state index in [0.29, 0.717) is 5.56 Å². The Balaban J connectivity index is 1.69. The molecule has 2 aromatic carbocycles. The van der Waals surface area contributed by atoms with Crippen LogP contribution in [0.3, 0.4) is 0 Å². The molecule has 3 aliphatic carbocycles. The molecule has 0 heterocycles. The minimum atomic E-state index is -2.62. The van der Waals surface area contributed by atoms with Crippen LogP contribution in [0.25, 0.3) is 11.1 Å². The third-order valence-electron chi connectivity index (χ3n) is 10.3. The zero-order valence-electron chi connectivity index (χ0n) is 27.0. The van der Waals surface area contributed by atoms with Crippen molar-refractivity contribution in [3.63, 3.8) is 0 Å². The van der Waals surface area contributed by atoms with Crippen molar-refractivity contribution in [3.8, 4) is 16.9 Å². The number of fused-ring (bicyclic) bond motifs is 3. The Morgan fingerprint density at radius 3 is 2.16 bits per heavy atom. The van der Waals surface area contributed by atoms with E-state index in [-0.39, 0.29) is 41.1 Å². The molecule has 3 aliphatic rings. The first kappa shape index (κ1) is 31.7. The maximum absolute atomic E-state index is 14.3. The molecule has 0 amide bonds. The third-order valence-corrected chi connectivity index (χ3v) is 10.3. The van der Waals surface area contributed by atoms with Crippen LogP contribution in [0.5, 0.6) is 5.75 Å². The topological polar surface area (TPSA) is 132 Å². The number of benzene rings is 2. The van der Waals surface area contributed by atoms with Crippen molar-refractivity contribution < 1.29 is 34.8 Å². The molecule has 7 heteroatoms. The van der Waals surface area contributed by atoms with Crippen LogP contribution in [0.1, 0.15) is 89.7 Å². The summed E-state index contributed by atoms with van der Waals surface area (Å²) in [5, 5.41) is 46.3. The summed E-state index contributed by atoms with van der Waals surface area (Å²) < 4.78 is 0. The van der Waals surface area contributed by atoms with Gasteiger partial charge in [0.2, 0.25) is 5.78 Å². The summed E-state index contributed by atoms with van der Waals surface area (Å²) in [4.78, 5) is 40.7. The SMILES string of the molecule is CC(=O)C1=C(O)C(C(C)C)[C@@]2(C)C[C@@]3(C)Cc4c(-c5ccc(CCC(C)(C)C)cc5)ccc(O)c4C(=O)C3=C(O)[C@@]2(O)C1=O. The fourth-order valence-corrected chi connectivity index (χ4v) is 8.37. The highest BCUT2D eigenvalue weighted by atomic mass is 16.3. The Morgan fingerprint density at radius 1 is 1.00 bits per heavy atom. The van der Waals surface area contributed by atoms with Crippen molar-refractivity contribution >= 4 is 17.3 Å². The molecular formula is C37H44O7. The zero-order valence-corrected chi connectivity index (χ0v) is 27.0. The molecule has 0 bridgehead atoms. The summed E-state index contributed by atoms with van der Waals surface area (Å²) in [6, 6.07) is 11.4. The van der Waals surface area contributed by atoms with Crippen molar-refractivity contribution in [1.82, 2.24) is 0 Å². The highest BCUT2D eigenvalue weighted by molar-refractivity contribution is 6.25. The first-order chi connectivity index (χ1) is 20.3. The van der Waals surface area contributed by atoms with Crippen LogP contribution in [0, 0.1) is 28.1 Å². The van der Waals surface area contributed by atoms with E-state index in [9.17, 15) is 34.8 Å². The van der Waals surface area contributed by atoms with E-state index in [4.69, 9.17) is 0 Å². The number of aryl methyl sites for hydroxylation is 1. The molecule has 0 aliphatic heterocycles. The van der Waals surface area contributed by atoms with Gasteiger partial charge in [-0.05, 0) is 72.3 Å². The van der Waals surface area contributed by atoms with Crippen LogP contribution in [0.15, 0.2) is 59.1 Å². The highest BCUT2D eigenvalue weighted by Crippen LogP contribution is 2.65. The number of phenolic OH excluding ortho intramolecular Hbond substituents is 1. The average Bonchev–Trinajstić information content (AvgIpc) is 2.89. The summed E-state index contributed by atoms with van der Waals surface area (Å²) in [6.07, 6.45) is 2.27. The fraction of sp³-hybridized carbons (Fsp3) is 0.486. The highest BCUT2D eigenvalue weighted by Gasteiger charge is 2.71. The Kier molecular flexibility index (Phi) is 7.32. The molecule has 0 spiro atoms. The predicted octanol–water partition coefficient (Wildman–Crippen LogP) is 6.99. The largest absolute Gasteiger partial charge is 0.511 e. The molecule has 2 aromatic rings. The molecule has 4 N–H and O–H groups in total. The average molecular weight is 601 g/mol. The second-order valence-electron chi connectivity index (χ2n) is 15.2. The third kappa shape index (κ3) is 4.46. The zero-order chi connectivity index (χ0) is 32.7. The van der Waals surface area contributed by atoms with Crippen molar-refractivity contribution in [1.29, 1.82) is 0 Å². The maximum Gasteiger partial charge on any atom is 0.209 e.